The fraction of sp³-hybridized carbons (Fsp3) is 0.429. The molecule has 8 heteroatoms. The zero-order valence-corrected chi connectivity index (χ0v) is 12.4. The molecule has 0 bridgehead atoms. The summed E-state index contributed by atoms with van der Waals surface area (Å²) in [6.45, 7) is 4.94. The molecule has 1 fully saturated rings. The van der Waals surface area contributed by atoms with Crippen molar-refractivity contribution < 1.29 is 4.74 Å². The van der Waals surface area contributed by atoms with Crippen molar-refractivity contribution >= 4 is 0 Å². The van der Waals surface area contributed by atoms with E-state index in [2.05, 4.69) is 25.3 Å². The lowest BCUT2D eigenvalue weighted by molar-refractivity contribution is 0.232. The minimum atomic E-state index is 0.274. The molecule has 3 rings (SSSR count). The first-order chi connectivity index (χ1) is 10.8. The molecule has 1 aliphatic rings. The van der Waals surface area contributed by atoms with Gasteiger partial charge in [-0.05, 0) is 0 Å². The van der Waals surface area contributed by atoms with Crippen LogP contribution in [0.3, 0.4) is 0 Å². The number of ether oxygens (including phenoxy) is 1. The number of nitriles is 1. The molecule has 2 aromatic heterocycles. The van der Waals surface area contributed by atoms with E-state index in [4.69, 9.17) is 10.00 Å². The van der Waals surface area contributed by atoms with Crippen LogP contribution in [0.4, 0.5) is 0 Å². The second-order valence-electron chi connectivity index (χ2n) is 5.03. The highest BCUT2D eigenvalue weighted by atomic mass is 16.5. The lowest BCUT2D eigenvalue weighted by Gasteiger charge is -2.26. The van der Waals surface area contributed by atoms with Crippen LogP contribution in [0.25, 0.3) is 5.95 Å². The summed E-state index contributed by atoms with van der Waals surface area (Å²) in [4.78, 5) is 11.0. The number of nitrogens with zero attached hydrogens (tertiary/aromatic N) is 6. The van der Waals surface area contributed by atoms with Gasteiger partial charge >= 0.3 is 0 Å². The molecule has 1 aliphatic heterocycles. The molecule has 0 aromatic carbocycles. The largest absolute Gasteiger partial charge is 0.479 e. The van der Waals surface area contributed by atoms with Gasteiger partial charge < -0.3 is 10.1 Å². The third-order valence-electron chi connectivity index (χ3n) is 3.51. The van der Waals surface area contributed by atoms with Crippen molar-refractivity contribution in [3.63, 3.8) is 0 Å². The lowest BCUT2D eigenvalue weighted by Crippen LogP contribution is -2.42. The summed E-state index contributed by atoms with van der Waals surface area (Å²) >= 11 is 0. The molecule has 1 saturated heterocycles. The number of hydrogen-bond donors (Lipinski definition) is 1. The van der Waals surface area contributed by atoms with Crippen LogP contribution in [0, 0.1) is 11.3 Å². The van der Waals surface area contributed by atoms with E-state index in [9.17, 15) is 0 Å². The van der Waals surface area contributed by atoms with Gasteiger partial charge in [0.2, 0.25) is 0 Å². The molecule has 22 heavy (non-hydrogen) atoms. The molecule has 0 saturated carbocycles. The topological polar surface area (TPSA) is 91.9 Å². The molecule has 2 aromatic rings. The van der Waals surface area contributed by atoms with Crippen molar-refractivity contribution in [2.24, 2.45) is 0 Å². The maximum Gasteiger partial charge on any atom is 0.251 e. The van der Waals surface area contributed by atoms with Gasteiger partial charge in [-0.25, -0.2) is 14.6 Å². The number of methoxy groups -OCH3 is 1. The minimum absolute atomic E-state index is 0.274. The highest BCUT2D eigenvalue weighted by Crippen LogP contribution is 2.15. The molecule has 8 nitrogen and oxygen atoms in total. The Kier molecular flexibility index (Phi) is 4.27. The van der Waals surface area contributed by atoms with E-state index in [0.717, 1.165) is 38.3 Å². The smallest absolute Gasteiger partial charge is 0.251 e. The first-order valence-corrected chi connectivity index (χ1v) is 7.08. The Bertz CT molecular complexity index is 667. The van der Waals surface area contributed by atoms with E-state index in [1.165, 1.54) is 11.8 Å². The monoisotopic (exact) mass is 299 g/mol. The van der Waals surface area contributed by atoms with E-state index >= 15 is 0 Å². The van der Waals surface area contributed by atoms with E-state index in [1.54, 1.807) is 18.6 Å². The Morgan fingerprint density at radius 1 is 1.32 bits per heavy atom. The normalized spacial score (nSPS) is 15.5. The Morgan fingerprint density at radius 3 is 2.64 bits per heavy atom. The third-order valence-corrected chi connectivity index (χ3v) is 3.51. The van der Waals surface area contributed by atoms with Crippen molar-refractivity contribution in [3.05, 3.63) is 29.7 Å². The highest BCUT2D eigenvalue weighted by molar-refractivity contribution is 5.37. The molecule has 0 unspecified atom stereocenters. The first-order valence-electron chi connectivity index (χ1n) is 7.08. The number of aromatic nitrogens is 4. The van der Waals surface area contributed by atoms with E-state index in [0.29, 0.717) is 11.5 Å². The summed E-state index contributed by atoms with van der Waals surface area (Å²) in [6.07, 6.45) is 5.15. The van der Waals surface area contributed by atoms with Gasteiger partial charge in [0.25, 0.3) is 11.8 Å². The maximum atomic E-state index is 9.00. The Hall–Kier alpha value is -2.50. The van der Waals surface area contributed by atoms with Crippen molar-refractivity contribution in [1.82, 2.24) is 30.0 Å². The molecule has 0 spiro atoms. The molecule has 3 heterocycles. The summed E-state index contributed by atoms with van der Waals surface area (Å²) in [5, 5.41) is 16.5. The average molecular weight is 299 g/mol. The lowest BCUT2D eigenvalue weighted by atomic mass is 10.3. The molecule has 114 valence electrons. The van der Waals surface area contributed by atoms with Crippen LogP contribution in [-0.2, 0) is 6.54 Å². The quantitative estimate of drug-likeness (QED) is 0.846. The van der Waals surface area contributed by atoms with Gasteiger partial charge in [0.15, 0.2) is 0 Å². The number of hydrogen-bond acceptors (Lipinski definition) is 7. The van der Waals surface area contributed by atoms with Crippen LogP contribution in [0.15, 0.2) is 18.6 Å². The average Bonchev–Trinajstić information content (AvgIpc) is 3.00. The fourth-order valence-corrected chi connectivity index (χ4v) is 2.36. The summed E-state index contributed by atoms with van der Waals surface area (Å²) < 4.78 is 6.49. The Morgan fingerprint density at radius 2 is 2.05 bits per heavy atom. The first kappa shape index (κ1) is 14.4. The van der Waals surface area contributed by atoms with Crippen molar-refractivity contribution in [2.75, 3.05) is 33.3 Å². The summed E-state index contributed by atoms with van der Waals surface area (Å²) in [6, 6.07) is 2.03. The summed E-state index contributed by atoms with van der Waals surface area (Å²) in [5.41, 5.74) is 1.42. The summed E-state index contributed by atoms with van der Waals surface area (Å²) in [7, 11) is 1.48. The zero-order valence-electron chi connectivity index (χ0n) is 12.4. The van der Waals surface area contributed by atoms with Crippen LogP contribution >= 0.6 is 0 Å². The van der Waals surface area contributed by atoms with Gasteiger partial charge in [-0.1, -0.05) is 0 Å². The van der Waals surface area contributed by atoms with Crippen LogP contribution in [0.2, 0.25) is 0 Å². The second-order valence-corrected chi connectivity index (χ2v) is 5.03. The highest BCUT2D eigenvalue weighted by Gasteiger charge is 2.13. The van der Waals surface area contributed by atoms with Crippen molar-refractivity contribution in [1.29, 1.82) is 5.26 Å². The minimum Gasteiger partial charge on any atom is -0.479 e. The molecule has 0 radical (unpaired) electrons. The van der Waals surface area contributed by atoms with Gasteiger partial charge in [0.05, 0.1) is 13.3 Å². The third kappa shape index (κ3) is 3.05. The van der Waals surface area contributed by atoms with Crippen LogP contribution < -0.4 is 10.1 Å². The van der Waals surface area contributed by atoms with Crippen LogP contribution in [-0.4, -0.2) is 57.9 Å². The predicted molar refractivity (Wildman–Crippen MR) is 78.6 cm³/mol. The van der Waals surface area contributed by atoms with Gasteiger partial charge in [0.1, 0.15) is 11.6 Å². The maximum absolute atomic E-state index is 9.00. The van der Waals surface area contributed by atoms with Gasteiger partial charge in [-0.2, -0.15) is 5.26 Å². The van der Waals surface area contributed by atoms with Crippen molar-refractivity contribution in [3.8, 4) is 17.9 Å². The molecule has 1 N–H and O–H groups in total. The standard InChI is InChI=1S/C14H17N7O/c1-22-13-12(6-15)10-21(19-13)14-17-7-11(8-18-14)9-20-4-2-16-3-5-20/h7-8,10,16H,2-5,9H2,1H3. The Balaban J connectivity index is 1.73. The van der Waals surface area contributed by atoms with Gasteiger partial charge in [-0.15, -0.1) is 5.10 Å². The van der Waals surface area contributed by atoms with E-state index < -0.39 is 0 Å². The zero-order chi connectivity index (χ0) is 15.4. The number of nitrogens with one attached hydrogen (secondary N) is 1. The molecular weight excluding hydrogens is 282 g/mol. The van der Waals surface area contributed by atoms with E-state index in [1.807, 2.05) is 6.07 Å². The number of piperazine rings is 1. The summed E-state index contributed by atoms with van der Waals surface area (Å²) in [5.74, 6) is 0.694. The molecular formula is C14H17N7O. The Labute approximate surface area is 128 Å². The second kappa shape index (κ2) is 6.51. The van der Waals surface area contributed by atoms with Gasteiger partial charge in [-0.3, -0.25) is 4.90 Å². The predicted octanol–water partition coefficient (Wildman–Crippen LogP) is -0.0522. The van der Waals surface area contributed by atoms with Crippen molar-refractivity contribution in [2.45, 2.75) is 6.54 Å². The SMILES string of the molecule is COc1nn(-c2ncc(CN3CCNCC3)cn2)cc1C#N. The molecule has 0 amide bonds. The van der Waals surface area contributed by atoms with Crippen LogP contribution in [0.5, 0.6) is 5.88 Å². The van der Waals surface area contributed by atoms with Crippen LogP contribution in [0.1, 0.15) is 11.1 Å². The van der Waals surface area contributed by atoms with E-state index in [-0.39, 0.29) is 5.88 Å². The number of rotatable bonds is 4. The van der Waals surface area contributed by atoms with Gasteiger partial charge in [0, 0.05) is 50.7 Å². The fourth-order valence-electron chi connectivity index (χ4n) is 2.36. The molecule has 0 atom stereocenters. The molecule has 0 aliphatic carbocycles.